The zero-order chi connectivity index (χ0) is 13.7. The van der Waals surface area contributed by atoms with Gasteiger partial charge in [0.05, 0.1) is 18.3 Å². The molecule has 2 aliphatic rings. The molecule has 3 heteroatoms. The standard InChI is InChI=1S/C16H30O3/c1-2-10-19-16(12-6-4-3-5-7-12)14-9-8-13(17)11-15(14)18/h12-18H,2-11H2,1H3. The van der Waals surface area contributed by atoms with E-state index in [9.17, 15) is 10.2 Å². The maximum atomic E-state index is 10.3. The van der Waals surface area contributed by atoms with Crippen molar-refractivity contribution in [2.24, 2.45) is 11.8 Å². The minimum Gasteiger partial charge on any atom is -0.393 e. The monoisotopic (exact) mass is 270 g/mol. The summed E-state index contributed by atoms with van der Waals surface area (Å²) in [4.78, 5) is 0. The summed E-state index contributed by atoms with van der Waals surface area (Å²) in [6.45, 7) is 2.94. The minimum absolute atomic E-state index is 0.211. The molecule has 0 heterocycles. The fourth-order valence-electron chi connectivity index (χ4n) is 3.86. The van der Waals surface area contributed by atoms with Crippen LogP contribution in [0.4, 0.5) is 0 Å². The Morgan fingerprint density at radius 2 is 1.79 bits per heavy atom. The molecule has 0 spiro atoms. The third-order valence-electron chi connectivity index (χ3n) is 4.89. The quantitative estimate of drug-likeness (QED) is 0.807. The molecule has 4 atom stereocenters. The molecule has 112 valence electrons. The second-order valence-electron chi connectivity index (χ2n) is 6.43. The first kappa shape index (κ1) is 15.3. The van der Waals surface area contributed by atoms with Crippen LogP contribution in [-0.2, 0) is 4.74 Å². The van der Waals surface area contributed by atoms with Crippen LogP contribution in [0.25, 0.3) is 0 Å². The van der Waals surface area contributed by atoms with Gasteiger partial charge in [-0.2, -0.15) is 0 Å². The summed E-state index contributed by atoms with van der Waals surface area (Å²) < 4.78 is 6.13. The molecule has 0 aromatic rings. The SMILES string of the molecule is CCCOC(C1CCCCC1)C1CCC(O)CC1O. The highest BCUT2D eigenvalue weighted by molar-refractivity contribution is 4.89. The van der Waals surface area contributed by atoms with Crippen LogP contribution >= 0.6 is 0 Å². The van der Waals surface area contributed by atoms with Gasteiger partial charge >= 0.3 is 0 Å². The molecule has 0 radical (unpaired) electrons. The largest absolute Gasteiger partial charge is 0.393 e. The van der Waals surface area contributed by atoms with Crippen LogP contribution in [0.1, 0.15) is 64.7 Å². The van der Waals surface area contributed by atoms with Gasteiger partial charge in [0.2, 0.25) is 0 Å². The molecule has 0 saturated heterocycles. The van der Waals surface area contributed by atoms with Crippen molar-refractivity contribution < 1.29 is 14.9 Å². The average Bonchev–Trinajstić information content (AvgIpc) is 2.42. The molecule has 0 aromatic carbocycles. The topological polar surface area (TPSA) is 49.7 Å². The van der Waals surface area contributed by atoms with Crippen LogP contribution in [0.3, 0.4) is 0 Å². The van der Waals surface area contributed by atoms with Gasteiger partial charge in [-0.05, 0) is 44.4 Å². The molecule has 4 unspecified atom stereocenters. The van der Waals surface area contributed by atoms with Gasteiger partial charge in [0.25, 0.3) is 0 Å². The van der Waals surface area contributed by atoms with Crippen molar-refractivity contribution in [1.82, 2.24) is 0 Å². The van der Waals surface area contributed by atoms with E-state index >= 15 is 0 Å². The Morgan fingerprint density at radius 3 is 2.42 bits per heavy atom. The van der Waals surface area contributed by atoms with Crippen LogP contribution < -0.4 is 0 Å². The minimum atomic E-state index is -0.382. The molecule has 0 aromatic heterocycles. The van der Waals surface area contributed by atoms with E-state index in [1.807, 2.05) is 0 Å². The lowest BCUT2D eigenvalue weighted by atomic mass is 9.73. The Balaban J connectivity index is 1.98. The number of aliphatic hydroxyl groups excluding tert-OH is 2. The van der Waals surface area contributed by atoms with Gasteiger partial charge in [0.1, 0.15) is 0 Å². The molecule has 0 amide bonds. The summed E-state index contributed by atoms with van der Waals surface area (Å²) >= 11 is 0. The zero-order valence-electron chi connectivity index (χ0n) is 12.3. The van der Waals surface area contributed by atoms with Gasteiger partial charge in [0, 0.05) is 12.5 Å². The Hall–Kier alpha value is -0.120. The number of aliphatic hydroxyl groups is 2. The molecule has 2 fully saturated rings. The molecule has 2 rings (SSSR count). The molecule has 3 nitrogen and oxygen atoms in total. The fourth-order valence-corrected chi connectivity index (χ4v) is 3.86. The second kappa shape index (κ2) is 7.61. The second-order valence-corrected chi connectivity index (χ2v) is 6.43. The van der Waals surface area contributed by atoms with E-state index in [4.69, 9.17) is 4.74 Å². The van der Waals surface area contributed by atoms with E-state index in [0.29, 0.717) is 12.3 Å². The number of rotatable bonds is 5. The Morgan fingerprint density at radius 1 is 1.05 bits per heavy atom. The lowest BCUT2D eigenvalue weighted by Crippen LogP contribution is -2.44. The van der Waals surface area contributed by atoms with E-state index in [-0.39, 0.29) is 24.2 Å². The zero-order valence-corrected chi connectivity index (χ0v) is 12.3. The number of hydrogen-bond donors (Lipinski definition) is 2. The first-order chi connectivity index (χ1) is 9.22. The smallest absolute Gasteiger partial charge is 0.0656 e. The van der Waals surface area contributed by atoms with E-state index in [0.717, 1.165) is 25.9 Å². The highest BCUT2D eigenvalue weighted by atomic mass is 16.5. The summed E-state index contributed by atoms with van der Waals surface area (Å²) in [6, 6.07) is 0. The number of hydrogen-bond acceptors (Lipinski definition) is 3. The number of ether oxygens (including phenoxy) is 1. The lowest BCUT2D eigenvalue weighted by molar-refractivity contribution is -0.102. The Bertz CT molecular complexity index is 250. The molecule has 2 saturated carbocycles. The first-order valence-corrected chi connectivity index (χ1v) is 8.20. The predicted molar refractivity (Wildman–Crippen MR) is 76.0 cm³/mol. The van der Waals surface area contributed by atoms with Crippen LogP contribution in [0.15, 0.2) is 0 Å². The summed E-state index contributed by atoms with van der Waals surface area (Å²) in [7, 11) is 0. The van der Waals surface area contributed by atoms with Crippen molar-refractivity contribution in [1.29, 1.82) is 0 Å². The lowest BCUT2D eigenvalue weighted by Gasteiger charge is -2.41. The van der Waals surface area contributed by atoms with Crippen molar-refractivity contribution in [2.45, 2.75) is 83.0 Å². The maximum Gasteiger partial charge on any atom is 0.0656 e. The van der Waals surface area contributed by atoms with Crippen LogP contribution in [0.5, 0.6) is 0 Å². The van der Waals surface area contributed by atoms with Crippen LogP contribution in [-0.4, -0.2) is 35.1 Å². The summed E-state index contributed by atoms with van der Waals surface area (Å²) in [5.41, 5.74) is 0. The van der Waals surface area contributed by atoms with E-state index < -0.39 is 0 Å². The van der Waals surface area contributed by atoms with E-state index in [1.165, 1.54) is 32.1 Å². The third kappa shape index (κ3) is 4.17. The Labute approximate surface area is 117 Å². The van der Waals surface area contributed by atoms with Crippen molar-refractivity contribution in [3.63, 3.8) is 0 Å². The van der Waals surface area contributed by atoms with Gasteiger partial charge < -0.3 is 14.9 Å². The highest BCUT2D eigenvalue weighted by Gasteiger charge is 2.38. The van der Waals surface area contributed by atoms with E-state index in [2.05, 4.69) is 6.92 Å². The van der Waals surface area contributed by atoms with Crippen molar-refractivity contribution in [3.8, 4) is 0 Å². The summed E-state index contributed by atoms with van der Waals surface area (Å²) in [5.74, 6) is 0.855. The molecular formula is C16H30O3. The average molecular weight is 270 g/mol. The molecule has 2 N–H and O–H groups in total. The first-order valence-electron chi connectivity index (χ1n) is 8.20. The van der Waals surface area contributed by atoms with Crippen molar-refractivity contribution in [3.05, 3.63) is 0 Å². The summed E-state index contributed by atoms with van der Waals surface area (Å²) in [5, 5.41) is 20.0. The third-order valence-corrected chi connectivity index (χ3v) is 4.89. The maximum absolute atomic E-state index is 10.3. The molecular weight excluding hydrogens is 240 g/mol. The highest BCUT2D eigenvalue weighted by Crippen LogP contribution is 2.37. The molecule has 0 bridgehead atoms. The van der Waals surface area contributed by atoms with Crippen molar-refractivity contribution >= 4 is 0 Å². The molecule has 0 aliphatic heterocycles. The van der Waals surface area contributed by atoms with Crippen molar-refractivity contribution in [2.75, 3.05) is 6.61 Å². The van der Waals surface area contributed by atoms with Gasteiger partial charge in [-0.1, -0.05) is 26.2 Å². The van der Waals surface area contributed by atoms with Crippen LogP contribution in [0.2, 0.25) is 0 Å². The van der Waals surface area contributed by atoms with Crippen LogP contribution in [0, 0.1) is 11.8 Å². The normalized spacial score (nSPS) is 35.2. The van der Waals surface area contributed by atoms with E-state index in [1.54, 1.807) is 0 Å². The fraction of sp³-hybridized carbons (Fsp3) is 1.00. The van der Waals surface area contributed by atoms with Gasteiger partial charge in [-0.15, -0.1) is 0 Å². The molecule has 19 heavy (non-hydrogen) atoms. The van der Waals surface area contributed by atoms with Gasteiger partial charge in [0.15, 0.2) is 0 Å². The van der Waals surface area contributed by atoms with Gasteiger partial charge in [-0.3, -0.25) is 0 Å². The Kier molecular flexibility index (Phi) is 6.11. The predicted octanol–water partition coefficient (Wildman–Crippen LogP) is 2.88. The van der Waals surface area contributed by atoms with Gasteiger partial charge in [-0.25, -0.2) is 0 Å². The molecule has 2 aliphatic carbocycles. The summed E-state index contributed by atoms with van der Waals surface area (Å²) in [6.07, 6.45) is 9.28.